The van der Waals surface area contributed by atoms with Gasteiger partial charge in [-0.25, -0.2) is 0 Å². The van der Waals surface area contributed by atoms with Crippen LogP contribution in [0.25, 0.3) is 0 Å². The van der Waals surface area contributed by atoms with Crippen molar-refractivity contribution in [1.29, 1.82) is 0 Å². The molecule has 0 bridgehead atoms. The van der Waals surface area contributed by atoms with Crippen LogP contribution in [0.1, 0.15) is 34.1 Å². The van der Waals surface area contributed by atoms with Crippen molar-refractivity contribution in [2.24, 2.45) is 0 Å². The van der Waals surface area contributed by atoms with Crippen molar-refractivity contribution in [3.8, 4) is 0 Å². The van der Waals surface area contributed by atoms with Crippen LogP contribution in [0.15, 0.2) is 0 Å². The summed E-state index contributed by atoms with van der Waals surface area (Å²) in [7, 11) is 0. The van der Waals surface area contributed by atoms with Gasteiger partial charge in [0.25, 0.3) is 0 Å². The lowest BCUT2D eigenvalue weighted by atomic mass is 10.2. The van der Waals surface area contributed by atoms with Crippen LogP contribution in [0.5, 0.6) is 0 Å². The minimum absolute atomic E-state index is 0.0464. The second kappa shape index (κ2) is 10.8. The number of carbonyl (C=O) groups excluding carboxylic acids is 2. The minimum atomic E-state index is -0.0549. The topological polar surface area (TPSA) is 82.3 Å². The smallest absolute Gasteiger partial charge is 0.234 e. The van der Waals surface area contributed by atoms with Crippen LogP contribution in [-0.2, 0) is 9.59 Å². The Morgan fingerprint density at radius 2 is 1.37 bits per heavy atom. The molecule has 0 saturated carbocycles. The largest absolute Gasteiger partial charge is 0.353 e. The van der Waals surface area contributed by atoms with E-state index in [0.29, 0.717) is 32.2 Å². The van der Waals surface area contributed by atoms with Crippen molar-refractivity contribution in [1.82, 2.24) is 21.3 Å². The molecule has 0 aliphatic rings. The van der Waals surface area contributed by atoms with E-state index >= 15 is 0 Å². The summed E-state index contributed by atoms with van der Waals surface area (Å²) in [5.74, 6) is -0.101. The molecule has 0 heterocycles. The predicted molar refractivity (Wildman–Crippen MR) is 76.9 cm³/mol. The molecule has 0 aliphatic heterocycles. The van der Waals surface area contributed by atoms with Crippen molar-refractivity contribution in [2.75, 3.05) is 26.2 Å². The van der Waals surface area contributed by atoms with Crippen LogP contribution in [0, 0.1) is 0 Å². The minimum Gasteiger partial charge on any atom is -0.353 e. The highest BCUT2D eigenvalue weighted by Gasteiger charge is 2.04. The van der Waals surface area contributed by atoms with Crippen molar-refractivity contribution in [2.45, 2.75) is 46.2 Å². The number of hydrogen-bond donors (Lipinski definition) is 4. The lowest BCUT2D eigenvalue weighted by Gasteiger charge is -2.12. The Hall–Kier alpha value is -1.14. The van der Waals surface area contributed by atoms with Gasteiger partial charge in [-0.2, -0.15) is 0 Å². The molecule has 0 rings (SSSR count). The zero-order valence-corrected chi connectivity index (χ0v) is 12.5. The number of rotatable bonds is 10. The summed E-state index contributed by atoms with van der Waals surface area (Å²) in [4.78, 5) is 22.8. The van der Waals surface area contributed by atoms with Gasteiger partial charge in [-0.05, 0) is 13.3 Å². The molecule has 1 unspecified atom stereocenters. The second-order valence-corrected chi connectivity index (χ2v) is 4.93. The summed E-state index contributed by atoms with van der Waals surface area (Å²) in [6.07, 6.45) is 0.992. The lowest BCUT2D eigenvalue weighted by Crippen LogP contribution is -2.42. The monoisotopic (exact) mass is 272 g/mol. The van der Waals surface area contributed by atoms with E-state index in [9.17, 15) is 9.59 Å². The lowest BCUT2D eigenvalue weighted by molar-refractivity contribution is -0.122. The third-order valence-corrected chi connectivity index (χ3v) is 2.66. The van der Waals surface area contributed by atoms with Gasteiger partial charge < -0.3 is 21.3 Å². The van der Waals surface area contributed by atoms with Gasteiger partial charge in [0.2, 0.25) is 11.8 Å². The van der Waals surface area contributed by atoms with E-state index in [-0.39, 0.29) is 17.9 Å². The first-order valence-electron chi connectivity index (χ1n) is 6.95. The highest BCUT2D eigenvalue weighted by molar-refractivity contribution is 5.79. The van der Waals surface area contributed by atoms with Crippen molar-refractivity contribution in [3.63, 3.8) is 0 Å². The maximum absolute atomic E-state index is 11.4. The van der Waals surface area contributed by atoms with Gasteiger partial charge in [-0.1, -0.05) is 20.8 Å². The fourth-order valence-corrected chi connectivity index (χ4v) is 1.24. The van der Waals surface area contributed by atoms with Gasteiger partial charge in [0.15, 0.2) is 0 Å². The highest BCUT2D eigenvalue weighted by Crippen LogP contribution is 1.85. The average Bonchev–Trinajstić information content (AvgIpc) is 2.38. The number of nitrogens with one attached hydrogen (secondary N) is 4. The second-order valence-electron chi connectivity index (χ2n) is 4.93. The number of carbonyl (C=O) groups is 2. The van der Waals surface area contributed by atoms with Gasteiger partial charge >= 0.3 is 0 Å². The maximum Gasteiger partial charge on any atom is 0.234 e. The van der Waals surface area contributed by atoms with Crippen LogP contribution in [0.2, 0.25) is 0 Å². The Morgan fingerprint density at radius 1 is 0.895 bits per heavy atom. The molecule has 0 aromatic heterocycles. The van der Waals surface area contributed by atoms with Gasteiger partial charge in [0, 0.05) is 25.2 Å². The standard InChI is InChI=1S/C13H28N4O2/c1-5-11(4)17-9-13(19)15-7-6-14-12(18)8-16-10(2)3/h10-11,16-17H,5-9H2,1-4H3,(H,14,18)(H,15,19). The Kier molecular flexibility index (Phi) is 10.1. The quantitative estimate of drug-likeness (QED) is 0.408. The molecule has 6 heteroatoms. The summed E-state index contributed by atoms with van der Waals surface area (Å²) >= 11 is 0. The first kappa shape index (κ1) is 17.9. The zero-order chi connectivity index (χ0) is 14.7. The van der Waals surface area contributed by atoms with E-state index in [0.717, 1.165) is 6.42 Å². The first-order valence-corrected chi connectivity index (χ1v) is 6.95. The zero-order valence-electron chi connectivity index (χ0n) is 12.5. The molecule has 112 valence electrons. The van der Waals surface area contributed by atoms with Crippen LogP contribution < -0.4 is 21.3 Å². The van der Waals surface area contributed by atoms with E-state index in [2.05, 4.69) is 28.2 Å². The maximum atomic E-state index is 11.4. The van der Waals surface area contributed by atoms with Crippen LogP contribution in [-0.4, -0.2) is 50.1 Å². The predicted octanol–water partition coefficient (Wildman–Crippen LogP) is -0.395. The molecule has 0 spiro atoms. The molecule has 4 N–H and O–H groups in total. The SMILES string of the molecule is CCC(C)NCC(=O)NCCNC(=O)CNC(C)C. The average molecular weight is 272 g/mol. The van der Waals surface area contributed by atoms with E-state index in [1.807, 2.05) is 20.8 Å². The number of amides is 2. The Balaban J connectivity index is 3.47. The third-order valence-electron chi connectivity index (χ3n) is 2.66. The van der Waals surface area contributed by atoms with Crippen LogP contribution >= 0.6 is 0 Å². The molecular weight excluding hydrogens is 244 g/mol. The van der Waals surface area contributed by atoms with Crippen LogP contribution in [0.3, 0.4) is 0 Å². The highest BCUT2D eigenvalue weighted by atomic mass is 16.2. The molecule has 0 saturated heterocycles. The van der Waals surface area contributed by atoms with E-state index in [4.69, 9.17) is 0 Å². The van der Waals surface area contributed by atoms with Crippen molar-refractivity contribution < 1.29 is 9.59 Å². The summed E-state index contributed by atoms with van der Waals surface area (Å²) in [5.41, 5.74) is 0. The molecule has 0 aliphatic carbocycles. The van der Waals surface area contributed by atoms with Gasteiger partial charge in [-0.15, -0.1) is 0 Å². The summed E-state index contributed by atoms with van der Waals surface area (Å²) in [5, 5.41) is 11.6. The normalized spacial score (nSPS) is 12.3. The first-order chi connectivity index (χ1) is 8.95. The Labute approximate surface area is 116 Å². The van der Waals surface area contributed by atoms with Gasteiger partial charge in [-0.3, -0.25) is 9.59 Å². The van der Waals surface area contributed by atoms with Crippen molar-refractivity contribution in [3.05, 3.63) is 0 Å². The Morgan fingerprint density at radius 3 is 1.79 bits per heavy atom. The van der Waals surface area contributed by atoms with E-state index in [1.54, 1.807) is 0 Å². The van der Waals surface area contributed by atoms with E-state index < -0.39 is 0 Å². The molecule has 0 fully saturated rings. The van der Waals surface area contributed by atoms with Gasteiger partial charge in [0.1, 0.15) is 0 Å². The summed E-state index contributed by atoms with van der Waals surface area (Å²) in [6, 6.07) is 0.629. The summed E-state index contributed by atoms with van der Waals surface area (Å²) in [6.45, 7) is 9.60. The van der Waals surface area contributed by atoms with Gasteiger partial charge in [0.05, 0.1) is 13.1 Å². The third kappa shape index (κ3) is 11.7. The van der Waals surface area contributed by atoms with Crippen molar-refractivity contribution >= 4 is 11.8 Å². The fourth-order valence-electron chi connectivity index (χ4n) is 1.24. The Bertz CT molecular complexity index is 269. The molecular formula is C13H28N4O2. The molecule has 6 nitrogen and oxygen atoms in total. The molecule has 2 amide bonds. The fraction of sp³-hybridized carbons (Fsp3) is 0.846. The molecule has 0 aromatic rings. The molecule has 0 aromatic carbocycles. The summed E-state index contributed by atoms with van der Waals surface area (Å²) < 4.78 is 0. The molecule has 1 atom stereocenters. The molecule has 19 heavy (non-hydrogen) atoms. The van der Waals surface area contributed by atoms with E-state index in [1.165, 1.54) is 0 Å². The van der Waals surface area contributed by atoms with Crippen LogP contribution in [0.4, 0.5) is 0 Å². The molecule has 0 radical (unpaired) electrons. The number of hydrogen-bond acceptors (Lipinski definition) is 4.